The molecule has 0 radical (unpaired) electrons. The van der Waals surface area contributed by atoms with Crippen molar-refractivity contribution in [1.29, 1.82) is 0 Å². The number of aryl methyl sites for hydroxylation is 1. The van der Waals surface area contributed by atoms with Gasteiger partial charge in [0.05, 0.1) is 4.88 Å². The molecule has 0 amide bonds. The van der Waals surface area contributed by atoms with Crippen molar-refractivity contribution in [2.75, 3.05) is 5.73 Å². The van der Waals surface area contributed by atoms with Gasteiger partial charge in [0.2, 0.25) is 5.78 Å². The number of carbonyl (C=O) groups is 1. The van der Waals surface area contributed by atoms with Crippen LogP contribution in [0.5, 0.6) is 0 Å². The quantitative estimate of drug-likeness (QED) is 0.656. The minimum Gasteiger partial charge on any atom is -0.398 e. The minimum atomic E-state index is -0.0712. The lowest BCUT2D eigenvalue weighted by molar-refractivity contribution is 0.104. The molecule has 1 heterocycles. The zero-order valence-corrected chi connectivity index (χ0v) is 10.2. The lowest BCUT2D eigenvalue weighted by Crippen LogP contribution is -2.03. The first-order valence-electron chi connectivity index (χ1n) is 4.74. The van der Waals surface area contributed by atoms with Crippen LogP contribution in [0.4, 0.5) is 5.69 Å². The molecule has 0 aliphatic rings. The van der Waals surface area contributed by atoms with Crippen LogP contribution >= 0.6 is 22.9 Å². The Balaban J connectivity index is 2.45. The normalized spacial score (nSPS) is 10.4. The Morgan fingerprint density at radius 2 is 2.06 bits per heavy atom. The predicted octanol–water partition coefficient (Wildman–Crippen LogP) is 3.52. The van der Waals surface area contributed by atoms with E-state index in [2.05, 4.69) is 0 Å². The molecule has 0 aliphatic heterocycles. The Morgan fingerprint density at radius 3 is 2.69 bits per heavy atom. The van der Waals surface area contributed by atoms with Crippen LogP contribution in [0.1, 0.15) is 20.1 Å². The maximum Gasteiger partial charge on any atom is 0.205 e. The molecule has 0 unspecified atom stereocenters. The number of nitrogens with two attached hydrogens (primary N) is 1. The van der Waals surface area contributed by atoms with E-state index in [1.54, 1.807) is 18.2 Å². The second-order valence-corrected chi connectivity index (χ2v) is 5.20. The van der Waals surface area contributed by atoms with E-state index in [9.17, 15) is 4.79 Å². The summed E-state index contributed by atoms with van der Waals surface area (Å²) in [5, 5.41) is 0.519. The summed E-state index contributed by atoms with van der Waals surface area (Å²) in [7, 11) is 0. The summed E-state index contributed by atoms with van der Waals surface area (Å²) in [6.45, 7) is 1.96. The monoisotopic (exact) mass is 251 g/mol. The van der Waals surface area contributed by atoms with Crippen LogP contribution in [0.3, 0.4) is 0 Å². The van der Waals surface area contributed by atoms with Crippen molar-refractivity contribution >= 4 is 34.4 Å². The molecule has 16 heavy (non-hydrogen) atoms. The fourth-order valence-corrected chi connectivity index (χ4v) is 2.41. The maximum absolute atomic E-state index is 12.1. The third-order valence-corrected chi connectivity index (χ3v) is 3.46. The third-order valence-electron chi connectivity index (χ3n) is 2.22. The lowest BCUT2D eigenvalue weighted by atomic mass is 10.1. The molecule has 0 spiro atoms. The molecule has 0 bridgehead atoms. The molecule has 1 aromatic carbocycles. The van der Waals surface area contributed by atoms with E-state index in [4.69, 9.17) is 17.3 Å². The SMILES string of the molecule is Cc1ccc(C(=O)c2cc(Cl)ccc2N)s1. The summed E-state index contributed by atoms with van der Waals surface area (Å²) in [6.07, 6.45) is 0. The summed E-state index contributed by atoms with van der Waals surface area (Å²) in [5.74, 6) is -0.0712. The number of nitrogen functional groups attached to an aromatic ring is 1. The highest BCUT2D eigenvalue weighted by Gasteiger charge is 2.14. The number of rotatable bonds is 2. The highest BCUT2D eigenvalue weighted by molar-refractivity contribution is 7.14. The number of hydrogen-bond donors (Lipinski definition) is 1. The molecule has 2 nitrogen and oxygen atoms in total. The number of benzene rings is 1. The van der Waals surface area contributed by atoms with Gasteiger partial charge >= 0.3 is 0 Å². The fourth-order valence-electron chi connectivity index (χ4n) is 1.41. The largest absolute Gasteiger partial charge is 0.398 e. The van der Waals surface area contributed by atoms with Crippen LogP contribution in [-0.4, -0.2) is 5.78 Å². The molecule has 0 saturated heterocycles. The molecule has 1 aromatic heterocycles. The van der Waals surface area contributed by atoms with Crippen LogP contribution in [0, 0.1) is 6.92 Å². The van der Waals surface area contributed by atoms with Gasteiger partial charge in [-0.05, 0) is 37.3 Å². The summed E-state index contributed by atoms with van der Waals surface area (Å²) in [6, 6.07) is 8.65. The highest BCUT2D eigenvalue weighted by atomic mass is 35.5. The van der Waals surface area contributed by atoms with Crippen LogP contribution in [0.15, 0.2) is 30.3 Å². The first kappa shape index (κ1) is 11.2. The summed E-state index contributed by atoms with van der Waals surface area (Å²) in [4.78, 5) is 13.9. The van der Waals surface area contributed by atoms with Gasteiger partial charge in [0.1, 0.15) is 0 Å². The van der Waals surface area contributed by atoms with Gasteiger partial charge < -0.3 is 5.73 Å². The fraction of sp³-hybridized carbons (Fsp3) is 0.0833. The number of ketones is 1. The van der Waals surface area contributed by atoms with Gasteiger partial charge in [-0.2, -0.15) is 0 Å². The Morgan fingerprint density at radius 1 is 1.31 bits per heavy atom. The number of halogens is 1. The molecule has 0 atom stereocenters. The van der Waals surface area contributed by atoms with Crippen LogP contribution < -0.4 is 5.73 Å². The number of anilines is 1. The predicted molar refractivity (Wildman–Crippen MR) is 68.4 cm³/mol. The van der Waals surface area contributed by atoms with Crippen molar-refractivity contribution in [3.63, 3.8) is 0 Å². The molecule has 0 fully saturated rings. The van der Waals surface area contributed by atoms with E-state index in [1.807, 2.05) is 19.1 Å². The zero-order valence-electron chi connectivity index (χ0n) is 8.66. The number of thiophene rings is 1. The van der Waals surface area contributed by atoms with Gasteiger partial charge in [-0.25, -0.2) is 0 Å². The molecule has 0 aliphatic carbocycles. The second-order valence-electron chi connectivity index (χ2n) is 3.47. The third kappa shape index (κ3) is 2.10. The van der Waals surface area contributed by atoms with E-state index in [-0.39, 0.29) is 5.78 Å². The van der Waals surface area contributed by atoms with Crippen molar-refractivity contribution in [2.45, 2.75) is 6.92 Å². The topological polar surface area (TPSA) is 43.1 Å². The average molecular weight is 252 g/mol. The van der Waals surface area contributed by atoms with Crippen LogP contribution in [0.2, 0.25) is 5.02 Å². The smallest absolute Gasteiger partial charge is 0.205 e. The van der Waals surface area contributed by atoms with Gasteiger partial charge in [-0.15, -0.1) is 11.3 Å². The van der Waals surface area contributed by atoms with Gasteiger partial charge in [0.15, 0.2) is 0 Å². The van der Waals surface area contributed by atoms with Gasteiger partial charge in [-0.1, -0.05) is 11.6 Å². The molecule has 0 saturated carbocycles. The molecular weight excluding hydrogens is 242 g/mol. The van der Waals surface area contributed by atoms with E-state index in [0.29, 0.717) is 21.2 Å². The molecule has 4 heteroatoms. The van der Waals surface area contributed by atoms with Gasteiger partial charge in [0, 0.05) is 21.2 Å². The van der Waals surface area contributed by atoms with Crippen molar-refractivity contribution in [3.8, 4) is 0 Å². The Labute approximate surface area is 103 Å². The van der Waals surface area contributed by atoms with Gasteiger partial charge in [0.25, 0.3) is 0 Å². The second kappa shape index (κ2) is 4.28. The van der Waals surface area contributed by atoms with Crippen molar-refractivity contribution in [3.05, 3.63) is 50.7 Å². The van der Waals surface area contributed by atoms with Crippen molar-refractivity contribution in [2.24, 2.45) is 0 Å². The first-order valence-corrected chi connectivity index (χ1v) is 5.93. The van der Waals surface area contributed by atoms with E-state index >= 15 is 0 Å². The molecule has 2 aromatic rings. The molecular formula is C12H10ClNOS. The number of hydrogen-bond acceptors (Lipinski definition) is 3. The van der Waals surface area contributed by atoms with Crippen molar-refractivity contribution in [1.82, 2.24) is 0 Å². The Hall–Kier alpha value is -1.32. The standard InChI is InChI=1S/C12H10ClNOS/c1-7-2-5-11(16-7)12(15)9-6-8(13)3-4-10(9)14/h2-6H,14H2,1H3. The molecule has 82 valence electrons. The van der Waals surface area contributed by atoms with E-state index in [0.717, 1.165) is 4.88 Å². The van der Waals surface area contributed by atoms with Crippen LogP contribution in [0.25, 0.3) is 0 Å². The zero-order chi connectivity index (χ0) is 11.7. The van der Waals surface area contributed by atoms with E-state index in [1.165, 1.54) is 11.3 Å². The Bertz CT molecular complexity index is 548. The minimum absolute atomic E-state index is 0.0712. The molecule has 2 rings (SSSR count). The maximum atomic E-state index is 12.1. The number of carbonyl (C=O) groups excluding carboxylic acids is 1. The van der Waals surface area contributed by atoms with Crippen molar-refractivity contribution < 1.29 is 4.79 Å². The van der Waals surface area contributed by atoms with Gasteiger partial charge in [-0.3, -0.25) is 4.79 Å². The highest BCUT2D eigenvalue weighted by Crippen LogP contribution is 2.24. The average Bonchev–Trinajstić information content (AvgIpc) is 2.67. The summed E-state index contributed by atoms with van der Waals surface area (Å²) in [5.41, 5.74) is 6.69. The van der Waals surface area contributed by atoms with E-state index < -0.39 is 0 Å². The molecule has 2 N–H and O–H groups in total. The summed E-state index contributed by atoms with van der Waals surface area (Å²) >= 11 is 7.31. The Kier molecular flexibility index (Phi) is 2.99. The lowest BCUT2D eigenvalue weighted by Gasteiger charge is -2.03. The first-order chi connectivity index (χ1) is 7.58. The van der Waals surface area contributed by atoms with Crippen LogP contribution in [-0.2, 0) is 0 Å². The summed E-state index contributed by atoms with van der Waals surface area (Å²) < 4.78 is 0.